The van der Waals surface area contributed by atoms with E-state index in [0.717, 1.165) is 13.0 Å². The van der Waals surface area contributed by atoms with Crippen molar-refractivity contribution in [3.63, 3.8) is 0 Å². The predicted molar refractivity (Wildman–Crippen MR) is 56.4 cm³/mol. The van der Waals surface area contributed by atoms with Gasteiger partial charge in [0.15, 0.2) is 0 Å². The topological polar surface area (TPSA) is 16.1 Å². The fourth-order valence-corrected chi connectivity index (χ4v) is 1.03. The van der Waals surface area contributed by atoms with Crippen LogP contribution in [0.1, 0.15) is 12.0 Å². The number of nitrogens with zero attached hydrogens (tertiary/aromatic N) is 2. The Morgan fingerprint density at radius 1 is 1.46 bits per heavy atom. The summed E-state index contributed by atoms with van der Waals surface area (Å²) in [5, 5.41) is 0. The van der Waals surface area contributed by atoms with Gasteiger partial charge in [0.1, 0.15) is 0 Å². The highest BCUT2D eigenvalue weighted by atomic mass is 15.0. The van der Waals surface area contributed by atoms with E-state index >= 15 is 0 Å². The zero-order chi connectivity index (χ0) is 9.52. The van der Waals surface area contributed by atoms with E-state index < -0.39 is 0 Å². The Kier molecular flexibility index (Phi) is 4.19. The predicted octanol–water partition coefficient (Wildman–Crippen LogP) is 2.05. The van der Waals surface area contributed by atoms with Gasteiger partial charge in [-0.2, -0.15) is 0 Å². The molecule has 1 heterocycles. The van der Waals surface area contributed by atoms with Gasteiger partial charge in [-0.05, 0) is 32.1 Å². The van der Waals surface area contributed by atoms with Gasteiger partial charge in [0.25, 0.3) is 0 Å². The molecule has 2 nitrogen and oxygen atoms in total. The SMILES string of the molecule is CN(C)CC/C=C/c1cccnc1. The minimum absolute atomic E-state index is 1.09. The van der Waals surface area contributed by atoms with Crippen molar-refractivity contribution in [3.05, 3.63) is 36.2 Å². The van der Waals surface area contributed by atoms with E-state index in [1.54, 1.807) is 6.20 Å². The van der Waals surface area contributed by atoms with E-state index in [1.807, 2.05) is 12.3 Å². The first-order valence-electron chi connectivity index (χ1n) is 4.50. The molecule has 0 unspecified atom stereocenters. The van der Waals surface area contributed by atoms with Crippen molar-refractivity contribution in [1.82, 2.24) is 9.88 Å². The number of hydrogen-bond donors (Lipinski definition) is 0. The lowest BCUT2D eigenvalue weighted by Gasteiger charge is -2.05. The molecule has 0 spiro atoms. The van der Waals surface area contributed by atoms with E-state index in [0.29, 0.717) is 0 Å². The summed E-state index contributed by atoms with van der Waals surface area (Å²) in [5.74, 6) is 0. The highest BCUT2D eigenvalue weighted by molar-refractivity contribution is 5.47. The molecule has 1 aromatic heterocycles. The first-order chi connectivity index (χ1) is 6.29. The first-order valence-corrected chi connectivity index (χ1v) is 4.50. The third-order valence-corrected chi connectivity index (χ3v) is 1.74. The molecule has 0 aliphatic heterocycles. The van der Waals surface area contributed by atoms with Crippen LogP contribution in [-0.2, 0) is 0 Å². The highest BCUT2D eigenvalue weighted by Crippen LogP contribution is 1.99. The Morgan fingerprint density at radius 2 is 2.31 bits per heavy atom. The molecule has 1 rings (SSSR count). The summed E-state index contributed by atoms with van der Waals surface area (Å²) in [6.45, 7) is 1.09. The van der Waals surface area contributed by atoms with Gasteiger partial charge in [-0.1, -0.05) is 18.2 Å². The van der Waals surface area contributed by atoms with Gasteiger partial charge in [-0.15, -0.1) is 0 Å². The van der Waals surface area contributed by atoms with Crippen LogP contribution in [0.3, 0.4) is 0 Å². The van der Waals surface area contributed by atoms with E-state index in [2.05, 4.69) is 42.2 Å². The average Bonchev–Trinajstić information content (AvgIpc) is 2.14. The van der Waals surface area contributed by atoms with Crippen molar-refractivity contribution in [2.75, 3.05) is 20.6 Å². The molecule has 0 radical (unpaired) electrons. The van der Waals surface area contributed by atoms with E-state index in [-0.39, 0.29) is 0 Å². The second-order valence-electron chi connectivity index (χ2n) is 3.28. The van der Waals surface area contributed by atoms with Crippen LogP contribution in [0.5, 0.6) is 0 Å². The van der Waals surface area contributed by atoms with Gasteiger partial charge in [-0.3, -0.25) is 4.98 Å². The van der Waals surface area contributed by atoms with Crippen molar-refractivity contribution in [3.8, 4) is 0 Å². The summed E-state index contributed by atoms with van der Waals surface area (Å²) >= 11 is 0. The minimum atomic E-state index is 1.09. The molecular formula is C11H16N2. The van der Waals surface area contributed by atoms with Gasteiger partial charge in [0.2, 0.25) is 0 Å². The number of aromatic nitrogens is 1. The molecule has 0 saturated carbocycles. The highest BCUT2D eigenvalue weighted by Gasteiger charge is 1.86. The molecule has 0 bridgehead atoms. The van der Waals surface area contributed by atoms with E-state index in [1.165, 1.54) is 5.56 Å². The van der Waals surface area contributed by atoms with Gasteiger partial charge in [-0.25, -0.2) is 0 Å². The Labute approximate surface area is 79.9 Å². The standard InChI is InChI=1S/C11H16N2/c1-13(2)9-4-3-6-11-7-5-8-12-10-11/h3,5-8,10H,4,9H2,1-2H3/b6-3+. The molecule has 0 aliphatic carbocycles. The average molecular weight is 176 g/mol. The Bertz CT molecular complexity index is 252. The van der Waals surface area contributed by atoms with Crippen molar-refractivity contribution in [2.24, 2.45) is 0 Å². The molecule has 13 heavy (non-hydrogen) atoms. The maximum absolute atomic E-state index is 4.04. The van der Waals surface area contributed by atoms with Gasteiger partial charge in [0.05, 0.1) is 0 Å². The Hall–Kier alpha value is -1.15. The second kappa shape index (κ2) is 5.49. The number of hydrogen-bond acceptors (Lipinski definition) is 2. The molecule has 1 aromatic rings. The van der Waals surface area contributed by atoms with Crippen LogP contribution < -0.4 is 0 Å². The normalized spacial score (nSPS) is 11.3. The molecule has 0 aliphatic rings. The van der Waals surface area contributed by atoms with Gasteiger partial charge in [0, 0.05) is 18.9 Å². The molecular weight excluding hydrogens is 160 g/mol. The Morgan fingerprint density at radius 3 is 2.92 bits per heavy atom. The summed E-state index contributed by atoms with van der Waals surface area (Å²) < 4.78 is 0. The third kappa shape index (κ3) is 4.43. The maximum Gasteiger partial charge on any atom is 0.0340 e. The van der Waals surface area contributed by atoms with Gasteiger partial charge < -0.3 is 4.90 Å². The maximum atomic E-state index is 4.04. The van der Waals surface area contributed by atoms with Crippen LogP contribution in [0.25, 0.3) is 6.08 Å². The summed E-state index contributed by atoms with van der Waals surface area (Å²) in [7, 11) is 4.16. The zero-order valence-electron chi connectivity index (χ0n) is 8.27. The van der Waals surface area contributed by atoms with Crippen LogP contribution >= 0.6 is 0 Å². The quantitative estimate of drug-likeness (QED) is 0.698. The second-order valence-corrected chi connectivity index (χ2v) is 3.28. The van der Waals surface area contributed by atoms with Crippen LogP contribution in [-0.4, -0.2) is 30.5 Å². The molecule has 0 atom stereocenters. The molecule has 0 N–H and O–H groups in total. The summed E-state index contributed by atoms with van der Waals surface area (Å²) in [6.07, 6.45) is 9.03. The van der Waals surface area contributed by atoms with E-state index in [4.69, 9.17) is 0 Å². The molecule has 2 heteroatoms. The van der Waals surface area contributed by atoms with Crippen LogP contribution in [0.4, 0.5) is 0 Å². The lowest BCUT2D eigenvalue weighted by atomic mass is 10.2. The smallest absolute Gasteiger partial charge is 0.0340 e. The van der Waals surface area contributed by atoms with Gasteiger partial charge >= 0.3 is 0 Å². The van der Waals surface area contributed by atoms with Crippen LogP contribution in [0.2, 0.25) is 0 Å². The number of pyridine rings is 1. The lowest BCUT2D eigenvalue weighted by Crippen LogP contribution is -2.11. The van der Waals surface area contributed by atoms with Crippen LogP contribution in [0.15, 0.2) is 30.6 Å². The molecule has 0 saturated heterocycles. The zero-order valence-corrected chi connectivity index (χ0v) is 8.27. The molecule has 0 fully saturated rings. The summed E-state index contributed by atoms with van der Waals surface area (Å²) in [4.78, 5) is 6.21. The lowest BCUT2D eigenvalue weighted by molar-refractivity contribution is 0.417. The molecule has 0 amide bonds. The summed E-state index contributed by atoms with van der Waals surface area (Å²) in [5.41, 5.74) is 1.17. The monoisotopic (exact) mass is 176 g/mol. The third-order valence-electron chi connectivity index (χ3n) is 1.74. The van der Waals surface area contributed by atoms with Crippen molar-refractivity contribution in [1.29, 1.82) is 0 Å². The Balaban J connectivity index is 2.33. The first kappa shape index (κ1) is 9.93. The fraction of sp³-hybridized carbons (Fsp3) is 0.364. The molecule has 0 aromatic carbocycles. The summed E-state index contributed by atoms with van der Waals surface area (Å²) in [6, 6.07) is 4.00. The van der Waals surface area contributed by atoms with Crippen molar-refractivity contribution in [2.45, 2.75) is 6.42 Å². The number of rotatable bonds is 4. The largest absolute Gasteiger partial charge is 0.309 e. The van der Waals surface area contributed by atoms with Crippen LogP contribution in [0, 0.1) is 0 Å². The minimum Gasteiger partial charge on any atom is -0.309 e. The van der Waals surface area contributed by atoms with Crippen molar-refractivity contribution >= 4 is 6.08 Å². The van der Waals surface area contributed by atoms with Crippen molar-refractivity contribution < 1.29 is 0 Å². The van der Waals surface area contributed by atoms with E-state index in [9.17, 15) is 0 Å². The fourth-order valence-electron chi connectivity index (χ4n) is 1.03. The molecule has 70 valence electrons.